The molecule has 124 valence electrons. The van der Waals surface area contributed by atoms with Gasteiger partial charge in [-0.3, -0.25) is 0 Å². The van der Waals surface area contributed by atoms with Gasteiger partial charge in [0.05, 0.1) is 35.5 Å². The molecule has 0 fully saturated rings. The van der Waals surface area contributed by atoms with E-state index >= 15 is 0 Å². The van der Waals surface area contributed by atoms with Gasteiger partial charge in [0.1, 0.15) is 5.82 Å². The van der Waals surface area contributed by atoms with Crippen LogP contribution < -0.4 is 15.8 Å². The number of halogens is 4. The van der Waals surface area contributed by atoms with E-state index in [2.05, 4.69) is 5.32 Å². The van der Waals surface area contributed by atoms with Crippen molar-refractivity contribution in [1.82, 2.24) is 5.32 Å². The number of nitrogens with one attached hydrogen (secondary N) is 1. The summed E-state index contributed by atoms with van der Waals surface area (Å²) in [5.41, 5.74) is 3.21. The Hall–Kier alpha value is -1.99. The molecule has 1 atom stereocenters. The van der Waals surface area contributed by atoms with Crippen molar-refractivity contribution in [2.24, 2.45) is 5.73 Å². The van der Waals surface area contributed by atoms with Gasteiger partial charge in [-0.15, -0.1) is 0 Å². The van der Waals surface area contributed by atoms with Crippen LogP contribution in [0.2, 0.25) is 5.02 Å². The summed E-state index contributed by atoms with van der Waals surface area (Å²) >= 11 is 12.2. The van der Waals surface area contributed by atoms with Crippen LogP contribution >= 0.6 is 23.2 Å². The average molecular weight is 365 g/mol. The summed E-state index contributed by atoms with van der Waals surface area (Å²) in [6.07, 6.45) is 2.65. The molecule has 3 N–H and O–H groups in total. The van der Waals surface area contributed by atoms with Gasteiger partial charge < -0.3 is 20.5 Å². The van der Waals surface area contributed by atoms with Crippen LogP contribution in [-0.2, 0) is 15.1 Å². The van der Waals surface area contributed by atoms with Gasteiger partial charge >= 0.3 is 5.97 Å². The van der Waals surface area contributed by atoms with Gasteiger partial charge in [-0.25, -0.2) is 13.6 Å². The fourth-order valence-corrected chi connectivity index (χ4v) is 2.99. The monoisotopic (exact) mass is 364 g/mol. The normalized spacial score (nSPS) is 20.3. The predicted molar refractivity (Wildman–Crippen MR) is 81.0 cm³/mol. The van der Waals surface area contributed by atoms with E-state index in [1.165, 1.54) is 12.3 Å². The molecule has 0 bridgehead atoms. The topological polar surface area (TPSA) is 73.6 Å². The van der Waals surface area contributed by atoms with Crippen molar-refractivity contribution in [1.29, 1.82) is 0 Å². The largest absolute Gasteiger partial charge is 0.492 e. The first kappa shape index (κ1) is 17.4. The zero-order valence-corrected chi connectivity index (χ0v) is 13.6. The quantitative estimate of drug-likeness (QED) is 0.806. The van der Waals surface area contributed by atoms with Crippen LogP contribution in [0.3, 0.4) is 0 Å². The lowest BCUT2D eigenvalue weighted by Crippen LogP contribution is -2.51. The summed E-state index contributed by atoms with van der Waals surface area (Å²) in [7, 11) is 2.23. The number of hydrogen-bond donors (Lipinski definition) is 2. The van der Waals surface area contributed by atoms with E-state index in [0.717, 1.165) is 14.2 Å². The second kappa shape index (κ2) is 6.25. The van der Waals surface area contributed by atoms with Crippen LogP contribution in [0.25, 0.3) is 0 Å². The van der Waals surface area contributed by atoms with Gasteiger partial charge in [-0.05, 0) is 12.3 Å². The molecule has 0 aromatic heterocycles. The molecule has 0 spiro atoms. The predicted octanol–water partition coefficient (Wildman–Crippen LogP) is 2.52. The highest BCUT2D eigenvalue weighted by Crippen LogP contribution is 2.45. The van der Waals surface area contributed by atoms with Gasteiger partial charge in [-0.1, -0.05) is 23.2 Å². The van der Waals surface area contributed by atoms with E-state index in [0.29, 0.717) is 6.07 Å². The first-order valence-corrected chi connectivity index (χ1v) is 6.97. The van der Waals surface area contributed by atoms with Gasteiger partial charge in [0.25, 0.3) is 0 Å². The Morgan fingerprint density at radius 2 is 1.96 bits per heavy atom. The molecule has 1 aliphatic heterocycles. The van der Waals surface area contributed by atoms with Crippen molar-refractivity contribution in [3.63, 3.8) is 0 Å². The Kier molecular flexibility index (Phi) is 4.72. The molecule has 23 heavy (non-hydrogen) atoms. The fourth-order valence-electron chi connectivity index (χ4n) is 2.30. The third kappa shape index (κ3) is 2.49. The Balaban J connectivity index is 2.89. The fraction of sp³-hybridized carbons (Fsp3) is 0.214. The maximum absolute atomic E-state index is 14.5. The van der Waals surface area contributed by atoms with Crippen LogP contribution in [-0.4, -0.2) is 20.2 Å². The van der Waals surface area contributed by atoms with E-state index in [1.807, 2.05) is 0 Å². The number of nitrogens with two attached hydrogens (primary N) is 1. The van der Waals surface area contributed by atoms with Crippen LogP contribution in [0.5, 0.6) is 5.75 Å². The molecule has 1 aromatic carbocycles. The number of carbonyl (C=O) groups is 1. The summed E-state index contributed by atoms with van der Waals surface area (Å²) in [6, 6.07) is 0.533. The van der Waals surface area contributed by atoms with Crippen molar-refractivity contribution in [3.05, 3.63) is 51.3 Å². The van der Waals surface area contributed by atoms with Crippen LogP contribution in [0, 0.1) is 11.6 Å². The second-order valence-electron chi connectivity index (χ2n) is 4.55. The molecule has 1 unspecified atom stereocenters. The molecule has 1 aliphatic rings. The Bertz CT molecular complexity index is 737. The smallest absolute Gasteiger partial charge is 0.342 e. The van der Waals surface area contributed by atoms with E-state index in [9.17, 15) is 13.6 Å². The molecule has 0 radical (unpaired) electrons. The van der Waals surface area contributed by atoms with Gasteiger partial charge in [-0.2, -0.15) is 0 Å². The molecular formula is C14H12Cl2F2N2O3. The van der Waals surface area contributed by atoms with Crippen molar-refractivity contribution in [2.45, 2.75) is 5.54 Å². The summed E-state index contributed by atoms with van der Waals surface area (Å²) < 4.78 is 37.8. The number of carbonyl (C=O) groups excluding carboxylic acids is 1. The number of esters is 1. The highest BCUT2D eigenvalue weighted by molar-refractivity contribution is 6.36. The van der Waals surface area contributed by atoms with Crippen molar-refractivity contribution < 1.29 is 23.0 Å². The Morgan fingerprint density at radius 3 is 2.52 bits per heavy atom. The summed E-state index contributed by atoms with van der Waals surface area (Å²) in [6.45, 7) is 0. The average Bonchev–Trinajstić information content (AvgIpc) is 2.50. The first-order chi connectivity index (χ1) is 10.8. The molecule has 5 nitrogen and oxygen atoms in total. The highest BCUT2D eigenvalue weighted by Gasteiger charge is 2.50. The van der Waals surface area contributed by atoms with Crippen LogP contribution in [0.4, 0.5) is 8.78 Å². The second-order valence-corrected chi connectivity index (χ2v) is 5.31. The molecule has 9 heteroatoms. The number of rotatable bonds is 3. The molecule has 1 heterocycles. The third-order valence-electron chi connectivity index (χ3n) is 3.34. The number of allylic oxidation sites excluding steroid dienone is 1. The molecule has 1 aromatic rings. The summed E-state index contributed by atoms with van der Waals surface area (Å²) in [5, 5.41) is 1.87. The van der Waals surface area contributed by atoms with Crippen molar-refractivity contribution >= 4 is 29.2 Å². The Labute approximate surface area is 140 Å². The minimum Gasteiger partial charge on any atom is -0.492 e. The lowest BCUT2D eigenvalue weighted by atomic mass is 9.86. The van der Waals surface area contributed by atoms with E-state index in [-0.39, 0.29) is 10.7 Å². The van der Waals surface area contributed by atoms with Crippen LogP contribution in [0.15, 0.2) is 29.1 Å². The SMILES string of the molecule is COC(=O)C1(c2c(F)cc(F)c(OC)c2Cl)NC=CC(N)=C1Cl. The van der Waals surface area contributed by atoms with E-state index in [4.69, 9.17) is 38.4 Å². The van der Waals surface area contributed by atoms with Crippen molar-refractivity contribution in [2.75, 3.05) is 14.2 Å². The summed E-state index contributed by atoms with van der Waals surface area (Å²) in [4.78, 5) is 12.4. The zero-order valence-electron chi connectivity index (χ0n) is 12.0. The molecular weight excluding hydrogens is 353 g/mol. The number of benzene rings is 1. The number of methoxy groups -OCH3 is 2. The van der Waals surface area contributed by atoms with Crippen molar-refractivity contribution in [3.8, 4) is 5.75 Å². The first-order valence-electron chi connectivity index (χ1n) is 6.21. The maximum Gasteiger partial charge on any atom is 0.342 e. The lowest BCUT2D eigenvalue weighted by Gasteiger charge is -2.35. The lowest BCUT2D eigenvalue weighted by molar-refractivity contribution is -0.146. The molecule has 0 aliphatic carbocycles. The minimum atomic E-state index is -2.06. The molecule has 0 amide bonds. The standard InChI is InChI=1S/C14H12Cl2F2N2O3/c1-22-11-7(18)5-6(17)9(10(11)15)14(13(21)23-2)12(16)8(19)3-4-20-14/h3-5,20H,19H2,1-2H3. The zero-order chi connectivity index (χ0) is 17.4. The molecule has 0 saturated heterocycles. The van der Waals surface area contributed by atoms with Crippen LogP contribution in [0.1, 0.15) is 5.56 Å². The maximum atomic E-state index is 14.5. The summed E-state index contributed by atoms with van der Waals surface area (Å²) in [5.74, 6) is -3.57. The molecule has 0 saturated carbocycles. The van der Waals surface area contributed by atoms with Gasteiger partial charge in [0, 0.05) is 6.07 Å². The number of ether oxygens (including phenoxy) is 2. The van der Waals surface area contributed by atoms with E-state index < -0.39 is 39.5 Å². The minimum absolute atomic E-state index is 0.00502. The van der Waals surface area contributed by atoms with Gasteiger partial charge in [0.15, 0.2) is 11.6 Å². The Morgan fingerprint density at radius 1 is 1.30 bits per heavy atom. The third-order valence-corrected chi connectivity index (χ3v) is 4.21. The highest BCUT2D eigenvalue weighted by atomic mass is 35.5. The van der Waals surface area contributed by atoms with E-state index in [1.54, 1.807) is 0 Å². The molecule has 2 rings (SSSR count). The number of hydrogen-bond acceptors (Lipinski definition) is 5. The van der Waals surface area contributed by atoms with Gasteiger partial charge in [0.2, 0.25) is 5.54 Å². The number of dihydropyridines is 1.